The van der Waals surface area contributed by atoms with Gasteiger partial charge in [0.2, 0.25) is 10.0 Å². The minimum absolute atomic E-state index is 0.0128. The third kappa shape index (κ3) is 5.95. The van der Waals surface area contributed by atoms with Gasteiger partial charge in [0.25, 0.3) is 0 Å². The first-order valence-electron chi connectivity index (χ1n) is 7.47. The fourth-order valence-electron chi connectivity index (χ4n) is 2.03. The summed E-state index contributed by atoms with van der Waals surface area (Å²) in [6.07, 6.45) is 0. The maximum absolute atomic E-state index is 11.5. The lowest BCUT2D eigenvalue weighted by atomic mass is 10.1. The van der Waals surface area contributed by atoms with E-state index in [0.29, 0.717) is 6.54 Å². The van der Waals surface area contributed by atoms with Crippen molar-refractivity contribution in [3.63, 3.8) is 0 Å². The summed E-state index contributed by atoms with van der Waals surface area (Å²) in [5.41, 5.74) is 3.03. The van der Waals surface area contributed by atoms with Crippen molar-refractivity contribution in [3.8, 4) is 0 Å². The molecule has 24 heavy (non-hydrogen) atoms. The van der Waals surface area contributed by atoms with Gasteiger partial charge in [0, 0.05) is 20.1 Å². The largest absolute Gasteiger partial charge is 0.352 e. The number of guanidine groups is 1. The summed E-state index contributed by atoms with van der Waals surface area (Å²) in [5, 5.41) is 10.6. The van der Waals surface area contributed by atoms with Crippen LogP contribution in [0.4, 0.5) is 0 Å². The molecule has 0 saturated carbocycles. The maximum Gasteiger partial charge on any atom is 0.215 e. The van der Waals surface area contributed by atoms with Crippen molar-refractivity contribution < 1.29 is 8.42 Å². The Morgan fingerprint density at radius 2 is 1.67 bits per heavy atom. The number of benzene rings is 1. The van der Waals surface area contributed by atoms with Crippen LogP contribution in [0.25, 0.3) is 0 Å². The first kappa shape index (κ1) is 18.4. The SMILES string of the molecule is CN=C(NCc1ccc(CS(=O)(=O)NC)cc1)NCc1ccsc1. The van der Waals surface area contributed by atoms with E-state index in [0.717, 1.165) is 23.6 Å². The summed E-state index contributed by atoms with van der Waals surface area (Å²) in [7, 11) is -0.0881. The zero-order chi connectivity index (χ0) is 17.4. The van der Waals surface area contributed by atoms with Gasteiger partial charge in [-0.25, -0.2) is 13.1 Å². The van der Waals surface area contributed by atoms with Crippen LogP contribution in [0, 0.1) is 0 Å². The molecule has 8 heteroatoms. The second-order valence-electron chi connectivity index (χ2n) is 5.19. The molecule has 0 bridgehead atoms. The van der Waals surface area contributed by atoms with E-state index in [1.54, 1.807) is 18.4 Å². The fourth-order valence-corrected chi connectivity index (χ4v) is 3.47. The van der Waals surface area contributed by atoms with Crippen molar-refractivity contribution in [3.05, 3.63) is 57.8 Å². The standard InChI is InChI=1S/C16H22N4O2S2/c1-17-16(20-10-15-7-8-23-11-15)19-9-13-3-5-14(6-4-13)12-24(21,22)18-2/h3-8,11,18H,9-10,12H2,1-2H3,(H2,17,19,20). The third-order valence-corrected chi connectivity index (χ3v) is 5.48. The van der Waals surface area contributed by atoms with E-state index in [4.69, 9.17) is 0 Å². The Labute approximate surface area is 147 Å². The minimum Gasteiger partial charge on any atom is -0.352 e. The molecule has 0 radical (unpaired) electrons. The summed E-state index contributed by atoms with van der Waals surface area (Å²) in [4.78, 5) is 4.19. The second kappa shape index (κ2) is 8.81. The highest BCUT2D eigenvalue weighted by molar-refractivity contribution is 7.88. The first-order valence-corrected chi connectivity index (χ1v) is 10.1. The molecule has 1 aromatic carbocycles. The predicted molar refractivity (Wildman–Crippen MR) is 99.5 cm³/mol. The van der Waals surface area contributed by atoms with E-state index in [2.05, 4.69) is 31.8 Å². The fraction of sp³-hybridized carbons (Fsp3) is 0.312. The molecule has 0 spiro atoms. The molecule has 0 atom stereocenters. The highest BCUT2D eigenvalue weighted by atomic mass is 32.2. The van der Waals surface area contributed by atoms with Gasteiger partial charge in [0.05, 0.1) is 5.75 Å². The number of rotatable bonds is 7. The van der Waals surface area contributed by atoms with Gasteiger partial charge in [0.1, 0.15) is 0 Å². The Morgan fingerprint density at radius 3 is 2.21 bits per heavy atom. The summed E-state index contributed by atoms with van der Waals surface area (Å²) in [6, 6.07) is 9.56. The quantitative estimate of drug-likeness (QED) is 0.514. The Balaban J connectivity index is 1.84. The monoisotopic (exact) mass is 366 g/mol. The van der Waals surface area contributed by atoms with E-state index in [9.17, 15) is 8.42 Å². The van der Waals surface area contributed by atoms with E-state index < -0.39 is 10.0 Å². The topological polar surface area (TPSA) is 82.6 Å². The van der Waals surface area contributed by atoms with E-state index in [1.165, 1.54) is 12.6 Å². The minimum atomic E-state index is -3.24. The number of nitrogens with zero attached hydrogens (tertiary/aromatic N) is 1. The van der Waals surface area contributed by atoms with Crippen LogP contribution >= 0.6 is 11.3 Å². The molecule has 0 aliphatic rings. The molecule has 3 N–H and O–H groups in total. The third-order valence-electron chi connectivity index (χ3n) is 3.41. The molecular formula is C16H22N4O2S2. The van der Waals surface area contributed by atoms with Crippen LogP contribution in [-0.2, 0) is 28.9 Å². The first-order chi connectivity index (χ1) is 11.5. The lowest BCUT2D eigenvalue weighted by molar-refractivity contribution is 0.587. The molecule has 1 heterocycles. The summed E-state index contributed by atoms with van der Waals surface area (Å²) < 4.78 is 25.4. The summed E-state index contributed by atoms with van der Waals surface area (Å²) in [6.45, 7) is 1.34. The zero-order valence-corrected chi connectivity index (χ0v) is 15.4. The van der Waals surface area contributed by atoms with Crippen molar-refractivity contribution in [1.82, 2.24) is 15.4 Å². The highest BCUT2D eigenvalue weighted by Gasteiger charge is 2.08. The summed E-state index contributed by atoms with van der Waals surface area (Å²) >= 11 is 1.67. The molecule has 0 aliphatic heterocycles. The van der Waals surface area contributed by atoms with Gasteiger partial charge in [-0.05, 0) is 40.6 Å². The van der Waals surface area contributed by atoms with Crippen molar-refractivity contribution in [2.45, 2.75) is 18.8 Å². The van der Waals surface area contributed by atoms with Crippen molar-refractivity contribution >= 4 is 27.3 Å². The Bertz CT molecular complexity index is 754. The summed E-state index contributed by atoms with van der Waals surface area (Å²) in [5.74, 6) is 0.712. The van der Waals surface area contributed by atoms with Crippen molar-refractivity contribution in [1.29, 1.82) is 0 Å². The molecule has 0 saturated heterocycles. The number of nitrogens with one attached hydrogen (secondary N) is 3. The Morgan fingerprint density at radius 1 is 1.04 bits per heavy atom. The van der Waals surface area contributed by atoms with Gasteiger partial charge < -0.3 is 10.6 Å². The van der Waals surface area contributed by atoms with Crippen LogP contribution in [0.2, 0.25) is 0 Å². The molecule has 0 unspecified atom stereocenters. The predicted octanol–water partition coefficient (Wildman–Crippen LogP) is 1.66. The number of aliphatic imine (C=N–C) groups is 1. The molecule has 2 aromatic rings. The van der Waals surface area contributed by atoms with Crippen molar-refractivity contribution in [2.24, 2.45) is 4.99 Å². The molecule has 0 aliphatic carbocycles. The number of hydrogen-bond acceptors (Lipinski definition) is 4. The maximum atomic E-state index is 11.5. The van der Waals surface area contributed by atoms with E-state index in [1.807, 2.05) is 29.6 Å². The Hall–Kier alpha value is -1.90. The smallest absolute Gasteiger partial charge is 0.215 e. The van der Waals surface area contributed by atoms with Gasteiger partial charge in [0.15, 0.2) is 5.96 Å². The molecule has 130 valence electrons. The number of hydrogen-bond donors (Lipinski definition) is 3. The average molecular weight is 367 g/mol. The zero-order valence-electron chi connectivity index (χ0n) is 13.7. The van der Waals surface area contributed by atoms with Crippen LogP contribution in [-0.4, -0.2) is 28.5 Å². The molecule has 0 fully saturated rings. The van der Waals surface area contributed by atoms with Gasteiger partial charge in [-0.15, -0.1) is 0 Å². The van der Waals surface area contributed by atoms with Crippen LogP contribution < -0.4 is 15.4 Å². The second-order valence-corrected chi connectivity index (χ2v) is 7.90. The number of thiophene rings is 1. The van der Waals surface area contributed by atoms with Gasteiger partial charge in [-0.2, -0.15) is 11.3 Å². The van der Waals surface area contributed by atoms with Crippen molar-refractivity contribution in [2.75, 3.05) is 14.1 Å². The molecule has 0 amide bonds. The van der Waals surface area contributed by atoms with Crippen LogP contribution in [0.3, 0.4) is 0 Å². The normalized spacial score (nSPS) is 12.2. The molecule has 2 rings (SSSR count). The molecular weight excluding hydrogens is 344 g/mol. The van der Waals surface area contributed by atoms with Crippen LogP contribution in [0.15, 0.2) is 46.1 Å². The average Bonchev–Trinajstić information content (AvgIpc) is 3.09. The lowest BCUT2D eigenvalue weighted by Gasteiger charge is -2.12. The van der Waals surface area contributed by atoms with E-state index >= 15 is 0 Å². The lowest BCUT2D eigenvalue weighted by Crippen LogP contribution is -2.36. The highest BCUT2D eigenvalue weighted by Crippen LogP contribution is 2.08. The van der Waals surface area contributed by atoms with Gasteiger partial charge >= 0.3 is 0 Å². The van der Waals surface area contributed by atoms with Crippen LogP contribution in [0.5, 0.6) is 0 Å². The molecule has 6 nitrogen and oxygen atoms in total. The van der Waals surface area contributed by atoms with E-state index in [-0.39, 0.29) is 5.75 Å². The number of sulfonamides is 1. The Kier molecular flexibility index (Phi) is 6.77. The van der Waals surface area contributed by atoms with Gasteiger partial charge in [-0.3, -0.25) is 4.99 Å². The van der Waals surface area contributed by atoms with Gasteiger partial charge in [-0.1, -0.05) is 24.3 Å². The van der Waals surface area contributed by atoms with Crippen LogP contribution in [0.1, 0.15) is 16.7 Å². The molecule has 1 aromatic heterocycles.